The first-order valence-electron chi connectivity index (χ1n) is 6.90. The lowest BCUT2D eigenvalue weighted by molar-refractivity contribution is 0.103. The number of hydrogen-bond donors (Lipinski definition) is 1. The van der Waals surface area contributed by atoms with Gasteiger partial charge in [0.25, 0.3) is 0 Å². The Morgan fingerprint density at radius 1 is 0.696 bits per heavy atom. The number of rotatable bonds is 3. The van der Waals surface area contributed by atoms with Crippen LogP contribution >= 0.6 is 12.4 Å². The average molecular weight is 328 g/mol. The molecule has 0 fully saturated rings. The van der Waals surface area contributed by atoms with Crippen LogP contribution in [0.4, 0.5) is 10.1 Å². The summed E-state index contributed by atoms with van der Waals surface area (Å²) in [6, 6.07) is 20.4. The van der Waals surface area contributed by atoms with Crippen molar-refractivity contribution in [2.75, 3.05) is 5.73 Å². The summed E-state index contributed by atoms with van der Waals surface area (Å²) >= 11 is 0. The lowest BCUT2D eigenvalue weighted by atomic mass is 9.99. The number of ketones is 1. The third kappa shape index (κ3) is 3.76. The standard InChI is InChI=1S/C19H14FNO.ClH/c20-17-9-5-14(6-10-17)13-1-3-15(4-2-13)19(22)16-7-11-18(21)12-8-16;/h1-12H,21H2;1H. The molecule has 0 spiro atoms. The fraction of sp³-hybridized carbons (Fsp3) is 0. The summed E-state index contributed by atoms with van der Waals surface area (Å²) in [6.07, 6.45) is 0. The normalized spacial score (nSPS) is 9.96. The van der Waals surface area contributed by atoms with Crippen molar-refractivity contribution < 1.29 is 9.18 Å². The van der Waals surface area contributed by atoms with Crippen molar-refractivity contribution in [3.8, 4) is 11.1 Å². The third-order valence-corrected chi connectivity index (χ3v) is 3.50. The van der Waals surface area contributed by atoms with Crippen molar-refractivity contribution >= 4 is 23.9 Å². The van der Waals surface area contributed by atoms with Crippen molar-refractivity contribution in [1.29, 1.82) is 0 Å². The maximum atomic E-state index is 12.9. The Bertz CT molecular complexity index is 796. The Balaban J connectivity index is 0.00000192. The van der Waals surface area contributed by atoms with Crippen LogP contribution in [0.1, 0.15) is 15.9 Å². The van der Waals surface area contributed by atoms with Gasteiger partial charge in [0.1, 0.15) is 5.82 Å². The van der Waals surface area contributed by atoms with Crippen LogP contribution < -0.4 is 5.73 Å². The molecule has 3 aromatic rings. The molecule has 0 atom stereocenters. The van der Waals surface area contributed by atoms with E-state index >= 15 is 0 Å². The molecule has 0 saturated heterocycles. The first-order chi connectivity index (χ1) is 10.6. The maximum absolute atomic E-state index is 12.9. The molecule has 2 nitrogen and oxygen atoms in total. The Morgan fingerprint density at radius 2 is 1.09 bits per heavy atom. The highest BCUT2D eigenvalue weighted by molar-refractivity contribution is 6.09. The van der Waals surface area contributed by atoms with E-state index in [2.05, 4.69) is 0 Å². The number of hydrogen-bond acceptors (Lipinski definition) is 2. The molecule has 4 heteroatoms. The largest absolute Gasteiger partial charge is 0.399 e. The van der Waals surface area contributed by atoms with Crippen molar-refractivity contribution in [1.82, 2.24) is 0 Å². The zero-order valence-corrected chi connectivity index (χ0v) is 13.0. The predicted molar refractivity (Wildman–Crippen MR) is 93.4 cm³/mol. The molecular formula is C19H15ClFNO. The third-order valence-electron chi connectivity index (χ3n) is 3.50. The number of carbonyl (C=O) groups excluding carboxylic acids is 1. The Kier molecular flexibility index (Phi) is 5.14. The molecule has 0 saturated carbocycles. The number of nitrogens with two attached hydrogens (primary N) is 1. The van der Waals surface area contributed by atoms with Gasteiger partial charge in [0.15, 0.2) is 5.78 Å². The van der Waals surface area contributed by atoms with Gasteiger partial charge in [-0.05, 0) is 47.5 Å². The number of halogens is 2. The minimum Gasteiger partial charge on any atom is -0.399 e. The summed E-state index contributed by atoms with van der Waals surface area (Å²) < 4.78 is 12.9. The fourth-order valence-electron chi connectivity index (χ4n) is 2.26. The topological polar surface area (TPSA) is 43.1 Å². The molecule has 0 aromatic heterocycles. The van der Waals surface area contributed by atoms with Gasteiger partial charge >= 0.3 is 0 Å². The van der Waals surface area contributed by atoms with E-state index in [9.17, 15) is 9.18 Å². The molecule has 0 aliphatic carbocycles. The Hall–Kier alpha value is -2.65. The van der Waals surface area contributed by atoms with Crippen molar-refractivity contribution in [3.63, 3.8) is 0 Å². The van der Waals surface area contributed by atoms with Gasteiger partial charge in [-0.3, -0.25) is 4.79 Å². The van der Waals surface area contributed by atoms with Crippen molar-refractivity contribution in [2.45, 2.75) is 0 Å². The zero-order chi connectivity index (χ0) is 15.5. The van der Waals surface area contributed by atoms with Gasteiger partial charge in [0.2, 0.25) is 0 Å². The summed E-state index contributed by atoms with van der Waals surface area (Å²) in [6.45, 7) is 0. The number of anilines is 1. The van der Waals surface area contributed by atoms with Crippen LogP contribution in [0.15, 0.2) is 72.8 Å². The van der Waals surface area contributed by atoms with E-state index in [1.807, 2.05) is 12.1 Å². The Labute approximate surface area is 140 Å². The molecule has 0 aliphatic rings. The van der Waals surface area contributed by atoms with Gasteiger partial charge in [0.05, 0.1) is 0 Å². The highest BCUT2D eigenvalue weighted by atomic mass is 35.5. The van der Waals surface area contributed by atoms with Crippen LogP contribution in [0, 0.1) is 5.82 Å². The smallest absolute Gasteiger partial charge is 0.193 e. The highest BCUT2D eigenvalue weighted by Gasteiger charge is 2.09. The van der Waals surface area contributed by atoms with Gasteiger partial charge in [-0.2, -0.15) is 0 Å². The maximum Gasteiger partial charge on any atom is 0.193 e. The molecule has 0 unspecified atom stereocenters. The van der Waals surface area contributed by atoms with Crippen LogP contribution in [-0.2, 0) is 0 Å². The van der Waals surface area contributed by atoms with Crippen molar-refractivity contribution in [3.05, 3.63) is 89.7 Å². The SMILES string of the molecule is Cl.Nc1ccc(C(=O)c2ccc(-c3ccc(F)cc3)cc2)cc1. The lowest BCUT2D eigenvalue weighted by Gasteiger charge is -2.05. The molecule has 23 heavy (non-hydrogen) atoms. The van der Waals surface area contributed by atoms with Crippen LogP contribution in [0.5, 0.6) is 0 Å². The number of nitrogen functional groups attached to an aromatic ring is 1. The van der Waals surface area contributed by atoms with E-state index in [1.54, 1.807) is 48.5 Å². The number of benzene rings is 3. The summed E-state index contributed by atoms with van der Waals surface area (Å²) in [7, 11) is 0. The van der Waals surface area contributed by atoms with E-state index in [-0.39, 0.29) is 24.0 Å². The van der Waals surface area contributed by atoms with Crippen molar-refractivity contribution in [2.24, 2.45) is 0 Å². The van der Waals surface area contributed by atoms with Gasteiger partial charge in [-0.25, -0.2) is 4.39 Å². The van der Waals surface area contributed by atoms with E-state index in [1.165, 1.54) is 12.1 Å². The monoisotopic (exact) mass is 327 g/mol. The van der Waals surface area contributed by atoms with Crippen LogP contribution in [0.3, 0.4) is 0 Å². The van der Waals surface area contributed by atoms with E-state index < -0.39 is 0 Å². The molecule has 2 N–H and O–H groups in total. The molecule has 0 bridgehead atoms. The summed E-state index contributed by atoms with van der Waals surface area (Å²) in [5.74, 6) is -0.315. The summed E-state index contributed by atoms with van der Waals surface area (Å²) in [5, 5.41) is 0. The Morgan fingerprint density at radius 3 is 1.57 bits per heavy atom. The van der Waals surface area contributed by atoms with Crippen LogP contribution in [-0.4, -0.2) is 5.78 Å². The zero-order valence-electron chi connectivity index (χ0n) is 12.2. The summed E-state index contributed by atoms with van der Waals surface area (Å²) in [5.41, 5.74) is 9.31. The van der Waals surface area contributed by atoms with Gasteiger partial charge in [-0.1, -0.05) is 36.4 Å². The quantitative estimate of drug-likeness (QED) is 0.558. The molecule has 0 radical (unpaired) electrons. The number of carbonyl (C=O) groups is 1. The average Bonchev–Trinajstić information content (AvgIpc) is 2.56. The molecule has 0 aliphatic heterocycles. The van der Waals surface area contributed by atoms with E-state index in [0.717, 1.165) is 11.1 Å². The van der Waals surface area contributed by atoms with Gasteiger partial charge in [-0.15, -0.1) is 12.4 Å². The molecule has 3 rings (SSSR count). The minimum absolute atomic E-state index is 0. The minimum atomic E-state index is -0.265. The second-order valence-electron chi connectivity index (χ2n) is 5.04. The highest BCUT2D eigenvalue weighted by Crippen LogP contribution is 2.21. The first kappa shape index (κ1) is 16.7. The van der Waals surface area contributed by atoms with Crippen LogP contribution in [0.2, 0.25) is 0 Å². The molecule has 0 heterocycles. The lowest BCUT2D eigenvalue weighted by Crippen LogP contribution is -2.01. The van der Waals surface area contributed by atoms with E-state index in [0.29, 0.717) is 16.8 Å². The predicted octanol–water partition coefficient (Wildman–Crippen LogP) is 4.73. The second kappa shape index (κ2) is 7.07. The molecular weight excluding hydrogens is 313 g/mol. The van der Waals surface area contributed by atoms with Gasteiger partial charge in [0, 0.05) is 16.8 Å². The summed E-state index contributed by atoms with van der Waals surface area (Å²) in [4.78, 5) is 12.4. The second-order valence-corrected chi connectivity index (χ2v) is 5.04. The van der Waals surface area contributed by atoms with Crippen LogP contribution in [0.25, 0.3) is 11.1 Å². The molecule has 3 aromatic carbocycles. The van der Waals surface area contributed by atoms with E-state index in [4.69, 9.17) is 5.73 Å². The fourth-order valence-corrected chi connectivity index (χ4v) is 2.26. The molecule has 0 amide bonds. The molecule has 116 valence electrons. The van der Waals surface area contributed by atoms with Gasteiger partial charge < -0.3 is 5.73 Å². The first-order valence-corrected chi connectivity index (χ1v) is 6.90.